The van der Waals surface area contributed by atoms with Crippen LogP contribution >= 0.6 is 0 Å². The molecule has 1 unspecified atom stereocenters. The number of piperidine rings is 1. The second-order valence-electron chi connectivity index (χ2n) is 7.16. The van der Waals surface area contributed by atoms with Crippen LogP contribution in [0.5, 0.6) is 0 Å². The summed E-state index contributed by atoms with van der Waals surface area (Å²) in [6.45, 7) is 1.12. The van der Waals surface area contributed by atoms with Gasteiger partial charge in [0.25, 0.3) is 11.5 Å². The Kier molecular flexibility index (Phi) is 4.21. The van der Waals surface area contributed by atoms with Crippen LogP contribution in [0.25, 0.3) is 0 Å². The first-order valence-electron chi connectivity index (χ1n) is 8.93. The fourth-order valence-corrected chi connectivity index (χ4v) is 3.41. The van der Waals surface area contributed by atoms with E-state index in [1.165, 1.54) is 13.2 Å². The minimum Gasteiger partial charge on any atom is -0.339 e. The Morgan fingerprint density at radius 3 is 2.92 bits per heavy atom. The van der Waals surface area contributed by atoms with Crippen molar-refractivity contribution < 1.29 is 9.32 Å². The van der Waals surface area contributed by atoms with Gasteiger partial charge in [0.05, 0.1) is 0 Å². The lowest BCUT2D eigenvalue weighted by Crippen LogP contribution is -2.44. The topological polar surface area (TPSA) is 114 Å². The average Bonchev–Trinajstić information content (AvgIpc) is 3.39. The molecule has 1 aliphatic carbocycles. The molecule has 1 atom stereocenters. The van der Waals surface area contributed by atoms with Crippen molar-refractivity contribution in [1.82, 2.24) is 24.6 Å². The molecule has 2 aromatic heterocycles. The molecule has 9 heteroatoms. The maximum absolute atomic E-state index is 12.7. The van der Waals surface area contributed by atoms with E-state index in [0.717, 1.165) is 36.1 Å². The molecule has 0 radical (unpaired) electrons. The molecule has 138 valence electrons. The zero-order chi connectivity index (χ0) is 18.3. The highest BCUT2D eigenvalue weighted by Gasteiger charge is 2.31. The fraction of sp³-hybridized carbons (Fsp3) is 0.588. The lowest BCUT2D eigenvalue weighted by Gasteiger charge is -2.32. The lowest BCUT2D eigenvalue weighted by atomic mass is 9.94. The van der Waals surface area contributed by atoms with Crippen LogP contribution in [0.2, 0.25) is 0 Å². The zero-order valence-corrected chi connectivity index (χ0v) is 14.6. The fourth-order valence-electron chi connectivity index (χ4n) is 3.41. The van der Waals surface area contributed by atoms with Crippen molar-refractivity contribution in [3.05, 3.63) is 44.3 Å². The van der Waals surface area contributed by atoms with Crippen molar-refractivity contribution in [3.63, 3.8) is 0 Å². The van der Waals surface area contributed by atoms with Crippen LogP contribution in [-0.4, -0.2) is 43.6 Å². The van der Waals surface area contributed by atoms with Gasteiger partial charge in [-0.3, -0.25) is 14.2 Å². The van der Waals surface area contributed by atoms with Crippen molar-refractivity contribution in [2.24, 2.45) is 13.0 Å². The Bertz CT molecular complexity index is 939. The highest BCUT2D eigenvalue weighted by molar-refractivity contribution is 5.93. The third-order valence-electron chi connectivity index (χ3n) is 5.11. The highest BCUT2D eigenvalue weighted by atomic mass is 16.5. The van der Waals surface area contributed by atoms with Crippen molar-refractivity contribution >= 4 is 5.91 Å². The molecule has 2 fully saturated rings. The normalized spacial score (nSPS) is 20.3. The molecule has 1 aliphatic heterocycles. The first kappa shape index (κ1) is 16.7. The van der Waals surface area contributed by atoms with Crippen LogP contribution in [0.3, 0.4) is 0 Å². The first-order chi connectivity index (χ1) is 12.5. The van der Waals surface area contributed by atoms with Crippen molar-refractivity contribution in [3.8, 4) is 0 Å². The van der Waals surface area contributed by atoms with Crippen molar-refractivity contribution in [2.45, 2.75) is 38.0 Å². The number of amides is 1. The van der Waals surface area contributed by atoms with Gasteiger partial charge in [0.15, 0.2) is 5.82 Å². The second-order valence-corrected chi connectivity index (χ2v) is 7.16. The van der Waals surface area contributed by atoms with Gasteiger partial charge in [-0.15, -0.1) is 0 Å². The molecule has 2 aliphatic rings. The van der Waals surface area contributed by atoms with E-state index in [-0.39, 0.29) is 17.4 Å². The number of hydrogen-bond acceptors (Lipinski definition) is 6. The van der Waals surface area contributed by atoms with E-state index in [9.17, 15) is 14.4 Å². The van der Waals surface area contributed by atoms with Gasteiger partial charge in [-0.1, -0.05) is 5.16 Å². The molecule has 0 aromatic carbocycles. The molecule has 4 rings (SSSR count). The van der Waals surface area contributed by atoms with Crippen LogP contribution in [0.15, 0.2) is 20.3 Å². The third-order valence-corrected chi connectivity index (χ3v) is 5.11. The number of carbonyl (C=O) groups is 1. The molecule has 1 amide bonds. The third kappa shape index (κ3) is 3.21. The number of carbonyl (C=O) groups excluding carboxylic acids is 1. The largest absolute Gasteiger partial charge is 0.339 e. The van der Waals surface area contributed by atoms with E-state index in [4.69, 9.17) is 4.52 Å². The number of hydrogen-bond donors (Lipinski definition) is 1. The molecule has 2 aromatic rings. The minimum atomic E-state index is -0.577. The summed E-state index contributed by atoms with van der Waals surface area (Å²) >= 11 is 0. The SMILES string of the molecule is Cn1c(=O)[nH]cc(C(=O)N2CCCC(Cc3nc(C4CC4)no3)C2)c1=O. The maximum Gasteiger partial charge on any atom is 0.328 e. The van der Waals surface area contributed by atoms with Crippen molar-refractivity contribution in [1.29, 1.82) is 0 Å². The minimum absolute atomic E-state index is 0.0124. The van der Waals surface area contributed by atoms with Crippen molar-refractivity contribution in [2.75, 3.05) is 13.1 Å². The number of nitrogens with zero attached hydrogens (tertiary/aromatic N) is 4. The summed E-state index contributed by atoms with van der Waals surface area (Å²) in [5.41, 5.74) is -1.13. The summed E-state index contributed by atoms with van der Waals surface area (Å²) < 4.78 is 6.25. The van der Waals surface area contributed by atoms with Crippen LogP contribution in [0.1, 0.15) is 53.7 Å². The molecule has 1 saturated carbocycles. The van der Waals surface area contributed by atoms with E-state index >= 15 is 0 Å². The van der Waals surface area contributed by atoms with Gasteiger partial charge in [0, 0.05) is 38.7 Å². The van der Waals surface area contributed by atoms with Crippen LogP contribution in [0, 0.1) is 5.92 Å². The summed E-state index contributed by atoms with van der Waals surface area (Å²) in [5.74, 6) is 1.72. The molecular formula is C17H21N5O4. The van der Waals surface area contributed by atoms with Gasteiger partial charge < -0.3 is 14.4 Å². The van der Waals surface area contributed by atoms with Gasteiger partial charge in [-0.25, -0.2) is 4.79 Å². The van der Waals surface area contributed by atoms with Crippen LogP contribution in [-0.2, 0) is 13.5 Å². The summed E-state index contributed by atoms with van der Waals surface area (Å²) in [6, 6.07) is 0. The van der Waals surface area contributed by atoms with Gasteiger partial charge in [-0.2, -0.15) is 4.98 Å². The smallest absolute Gasteiger partial charge is 0.328 e. The summed E-state index contributed by atoms with van der Waals surface area (Å²) in [5, 5.41) is 4.03. The number of rotatable bonds is 4. The highest BCUT2D eigenvalue weighted by Crippen LogP contribution is 2.38. The summed E-state index contributed by atoms with van der Waals surface area (Å²) in [6.07, 6.45) is 5.90. The molecule has 0 bridgehead atoms. The number of nitrogens with one attached hydrogen (secondary N) is 1. The molecule has 9 nitrogen and oxygen atoms in total. The Morgan fingerprint density at radius 2 is 2.15 bits per heavy atom. The molecule has 3 heterocycles. The molecule has 1 N–H and O–H groups in total. The molecular weight excluding hydrogens is 338 g/mol. The zero-order valence-electron chi connectivity index (χ0n) is 14.6. The predicted molar refractivity (Wildman–Crippen MR) is 90.9 cm³/mol. The quantitative estimate of drug-likeness (QED) is 0.847. The standard InChI is InChI=1S/C17H21N5O4/c1-21-15(23)12(8-18-17(21)25)16(24)22-6-2-3-10(9-22)7-13-19-14(20-26-13)11-4-5-11/h8,10-11H,2-7,9H2,1H3,(H,18,25). The number of likely N-dealkylation sites (tertiary alicyclic amines) is 1. The summed E-state index contributed by atoms with van der Waals surface area (Å²) in [7, 11) is 1.35. The molecule has 0 spiro atoms. The molecule has 26 heavy (non-hydrogen) atoms. The lowest BCUT2D eigenvalue weighted by molar-refractivity contribution is 0.0665. The van der Waals surface area contributed by atoms with Gasteiger partial charge in [0.2, 0.25) is 5.89 Å². The Hall–Kier alpha value is -2.71. The Labute approximate surface area is 149 Å². The number of aromatic nitrogens is 4. The average molecular weight is 359 g/mol. The first-order valence-corrected chi connectivity index (χ1v) is 8.93. The van der Waals surface area contributed by atoms with E-state index in [1.807, 2.05) is 0 Å². The van der Waals surface area contributed by atoms with E-state index in [1.54, 1.807) is 4.90 Å². The van der Waals surface area contributed by atoms with Gasteiger partial charge in [0.1, 0.15) is 5.56 Å². The predicted octanol–water partition coefficient (Wildman–Crippen LogP) is 0.429. The number of H-pyrrole nitrogens is 1. The van der Waals surface area contributed by atoms with E-state index in [2.05, 4.69) is 15.1 Å². The second kappa shape index (κ2) is 6.54. The monoisotopic (exact) mass is 359 g/mol. The van der Waals surface area contributed by atoms with Crippen LogP contribution < -0.4 is 11.2 Å². The number of aromatic amines is 1. The Balaban J connectivity index is 1.45. The van der Waals surface area contributed by atoms with Crippen LogP contribution in [0.4, 0.5) is 0 Å². The van der Waals surface area contributed by atoms with Gasteiger partial charge in [-0.05, 0) is 31.6 Å². The van der Waals surface area contributed by atoms with E-state index in [0.29, 0.717) is 31.3 Å². The van der Waals surface area contributed by atoms with Gasteiger partial charge >= 0.3 is 5.69 Å². The maximum atomic E-state index is 12.7. The molecule has 1 saturated heterocycles. The van der Waals surface area contributed by atoms with E-state index < -0.39 is 11.2 Å². The summed E-state index contributed by atoms with van der Waals surface area (Å²) in [4.78, 5) is 44.9. The Morgan fingerprint density at radius 1 is 1.35 bits per heavy atom.